The number of piperazine rings is 1. The Labute approximate surface area is 188 Å². The smallest absolute Gasteiger partial charge is 0.269 e. The molecule has 8 heteroatoms. The van der Waals surface area contributed by atoms with E-state index in [0.29, 0.717) is 24.3 Å². The highest BCUT2D eigenvalue weighted by Crippen LogP contribution is 2.38. The van der Waals surface area contributed by atoms with E-state index in [1.807, 2.05) is 6.07 Å². The minimum atomic E-state index is -0.163. The number of nitrogens with one attached hydrogen (secondary N) is 2. The third kappa shape index (κ3) is 4.11. The van der Waals surface area contributed by atoms with E-state index in [0.717, 1.165) is 81.0 Å². The first-order chi connectivity index (χ1) is 15.6. The lowest BCUT2D eigenvalue weighted by atomic mass is 10.00. The molecule has 0 bridgehead atoms. The van der Waals surface area contributed by atoms with E-state index in [1.54, 1.807) is 19.3 Å². The third-order valence-corrected chi connectivity index (χ3v) is 7.19. The minimum Gasteiger partial charge on any atom is -0.493 e. The first-order valence-electron chi connectivity index (χ1n) is 11.7. The van der Waals surface area contributed by atoms with Crippen molar-refractivity contribution in [1.29, 1.82) is 0 Å². The van der Waals surface area contributed by atoms with Crippen molar-refractivity contribution in [2.75, 3.05) is 44.7 Å². The number of rotatable bonds is 4. The quantitative estimate of drug-likeness (QED) is 0.760. The standard InChI is InChI=1S/C24H31N5O3/c1-25-24(31)20-7-6-18(15-26-20)29-10-8-28(9-11-29)17-5-4-16(13-17)21-14-22-19(23(30)27-21)3-2-12-32-22/h6-7,14-17H,2-5,8-13H2,1H3,(H,25,31)(H,27,30)/t16-,17-/m1/s1. The highest BCUT2D eigenvalue weighted by molar-refractivity contribution is 5.92. The second-order valence-electron chi connectivity index (χ2n) is 9.02. The maximum atomic E-state index is 12.5. The molecule has 2 aliphatic heterocycles. The van der Waals surface area contributed by atoms with Gasteiger partial charge in [0.1, 0.15) is 11.4 Å². The van der Waals surface area contributed by atoms with Crippen molar-refractivity contribution in [3.05, 3.63) is 51.7 Å². The van der Waals surface area contributed by atoms with Crippen LogP contribution in [0.15, 0.2) is 29.2 Å². The van der Waals surface area contributed by atoms with Crippen LogP contribution in [0.4, 0.5) is 5.69 Å². The average molecular weight is 438 g/mol. The highest BCUT2D eigenvalue weighted by atomic mass is 16.5. The first-order valence-corrected chi connectivity index (χ1v) is 11.7. The number of fused-ring (bicyclic) bond motifs is 1. The number of ether oxygens (including phenoxy) is 1. The summed E-state index contributed by atoms with van der Waals surface area (Å²) in [6.07, 6.45) is 6.86. The van der Waals surface area contributed by atoms with Crippen LogP contribution in [0.1, 0.15) is 53.3 Å². The predicted molar refractivity (Wildman–Crippen MR) is 123 cm³/mol. The molecule has 0 aromatic carbocycles. The summed E-state index contributed by atoms with van der Waals surface area (Å²) < 4.78 is 5.77. The number of hydrogen-bond donors (Lipinski definition) is 2. The molecule has 4 heterocycles. The number of anilines is 1. The molecule has 170 valence electrons. The van der Waals surface area contributed by atoms with Gasteiger partial charge in [0.25, 0.3) is 11.5 Å². The maximum Gasteiger partial charge on any atom is 0.269 e. The van der Waals surface area contributed by atoms with Crippen molar-refractivity contribution in [3.8, 4) is 5.75 Å². The molecule has 2 aromatic rings. The summed E-state index contributed by atoms with van der Waals surface area (Å²) in [5.74, 6) is 1.02. The van der Waals surface area contributed by atoms with Gasteiger partial charge in [-0.15, -0.1) is 0 Å². The number of pyridine rings is 2. The Balaban J connectivity index is 1.18. The van der Waals surface area contributed by atoms with Gasteiger partial charge in [-0.25, -0.2) is 4.98 Å². The molecule has 5 rings (SSSR count). The number of H-pyrrole nitrogens is 1. The van der Waals surface area contributed by atoms with Crippen LogP contribution >= 0.6 is 0 Å². The summed E-state index contributed by atoms with van der Waals surface area (Å²) in [5, 5.41) is 2.60. The van der Waals surface area contributed by atoms with E-state index in [-0.39, 0.29) is 11.5 Å². The van der Waals surface area contributed by atoms with Gasteiger partial charge >= 0.3 is 0 Å². The topological polar surface area (TPSA) is 90.6 Å². The van der Waals surface area contributed by atoms with E-state index < -0.39 is 0 Å². The number of amides is 1. The summed E-state index contributed by atoms with van der Waals surface area (Å²) in [6, 6.07) is 6.39. The number of hydrogen-bond acceptors (Lipinski definition) is 6. The second-order valence-corrected chi connectivity index (χ2v) is 9.02. The number of carbonyl (C=O) groups excluding carboxylic acids is 1. The number of carbonyl (C=O) groups is 1. The molecule has 0 unspecified atom stereocenters. The van der Waals surface area contributed by atoms with Gasteiger partial charge < -0.3 is 19.9 Å². The lowest BCUT2D eigenvalue weighted by molar-refractivity contribution is 0.0958. The van der Waals surface area contributed by atoms with Gasteiger partial charge in [-0.1, -0.05) is 0 Å². The molecule has 2 fully saturated rings. The fraction of sp³-hybridized carbons (Fsp3) is 0.542. The van der Waals surface area contributed by atoms with Crippen LogP contribution in [0.25, 0.3) is 0 Å². The average Bonchev–Trinajstić information content (AvgIpc) is 3.34. The Kier molecular flexibility index (Phi) is 5.87. The first kappa shape index (κ1) is 21.0. The molecule has 3 aliphatic rings. The van der Waals surface area contributed by atoms with Gasteiger partial charge in [0, 0.05) is 56.9 Å². The predicted octanol–water partition coefficient (Wildman–Crippen LogP) is 1.91. The van der Waals surface area contributed by atoms with Gasteiger partial charge in [-0.2, -0.15) is 0 Å². The van der Waals surface area contributed by atoms with Crippen LogP contribution in [0.2, 0.25) is 0 Å². The number of aromatic amines is 1. The van der Waals surface area contributed by atoms with Crippen molar-refractivity contribution in [2.24, 2.45) is 0 Å². The molecular weight excluding hydrogens is 406 g/mol. The normalized spacial score (nSPS) is 23.5. The van der Waals surface area contributed by atoms with E-state index in [9.17, 15) is 9.59 Å². The van der Waals surface area contributed by atoms with Gasteiger partial charge in [0.05, 0.1) is 24.1 Å². The van der Waals surface area contributed by atoms with Gasteiger partial charge in [0.2, 0.25) is 0 Å². The zero-order valence-electron chi connectivity index (χ0n) is 18.6. The van der Waals surface area contributed by atoms with Crippen LogP contribution in [0, 0.1) is 0 Å². The Morgan fingerprint density at radius 3 is 2.81 bits per heavy atom. The van der Waals surface area contributed by atoms with E-state index in [4.69, 9.17) is 4.74 Å². The molecule has 1 aliphatic carbocycles. The molecule has 8 nitrogen and oxygen atoms in total. The van der Waals surface area contributed by atoms with Gasteiger partial charge in [-0.3, -0.25) is 14.5 Å². The van der Waals surface area contributed by atoms with E-state index >= 15 is 0 Å². The summed E-state index contributed by atoms with van der Waals surface area (Å²) in [6.45, 7) is 4.63. The molecule has 0 radical (unpaired) electrons. The van der Waals surface area contributed by atoms with Crippen LogP contribution in [-0.2, 0) is 6.42 Å². The zero-order chi connectivity index (χ0) is 22.1. The van der Waals surface area contributed by atoms with Crippen molar-refractivity contribution >= 4 is 11.6 Å². The van der Waals surface area contributed by atoms with Crippen molar-refractivity contribution in [3.63, 3.8) is 0 Å². The SMILES string of the molecule is CNC(=O)c1ccc(N2CCN([C@@H]3CC[C@@H](c4cc5c(c(=O)[nH]4)CCCO5)C3)CC2)cn1. The molecule has 2 aromatic heterocycles. The summed E-state index contributed by atoms with van der Waals surface area (Å²) in [5.41, 5.74) is 3.39. The number of nitrogens with zero attached hydrogens (tertiary/aromatic N) is 3. The second kappa shape index (κ2) is 8.94. The Morgan fingerprint density at radius 2 is 2.06 bits per heavy atom. The summed E-state index contributed by atoms with van der Waals surface area (Å²) in [7, 11) is 1.61. The number of aromatic nitrogens is 2. The minimum absolute atomic E-state index is 0.0327. The summed E-state index contributed by atoms with van der Waals surface area (Å²) >= 11 is 0. The van der Waals surface area contributed by atoms with Gasteiger partial charge in [0.15, 0.2) is 0 Å². The maximum absolute atomic E-state index is 12.5. The van der Waals surface area contributed by atoms with Crippen LogP contribution in [0.5, 0.6) is 5.75 Å². The molecule has 1 amide bonds. The molecule has 2 N–H and O–H groups in total. The van der Waals surface area contributed by atoms with Crippen molar-refractivity contribution in [2.45, 2.75) is 44.1 Å². The summed E-state index contributed by atoms with van der Waals surface area (Å²) in [4.78, 5) is 36.6. The highest BCUT2D eigenvalue weighted by Gasteiger charge is 2.33. The van der Waals surface area contributed by atoms with Crippen LogP contribution < -0.4 is 20.5 Å². The fourth-order valence-corrected chi connectivity index (χ4v) is 5.35. The molecule has 1 saturated heterocycles. The van der Waals surface area contributed by atoms with Crippen molar-refractivity contribution in [1.82, 2.24) is 20.2 Å². The largest absolute Gasteiger partial charge is 0.493 e. The monoisotopic (exact) mass is 437 g/mol. The fourth-order valence-electron chi connectivity index (χ4n) is 5.35. The van der Waals surface area contributed by atoms with Crippen LogP contribution in [-0.4, -0.2) is 66.7 Å². The van der Waals surface area contributed by atoms with Crippen molar-refractivity contribution < 1.29 is 9.53 Å². The molecule has 32 heavy (non-hydrogen) atoms. The van der Waals surface area contributed by atoms with Crippen LogP contribution in [0.3, 0.4) is 0 Å². The molecule has 0 spiro atoms. The van der Waals surface area contributed by atoms with E-state index in [1.165, 1.54) is 0 Å². The molecule has 2 atom stereocenters. The Bertz CT molecular complexity index is 1030. The van der Waals surface area contributed by atoms with Gasteiger partial charge in [-0.05, 0) is 44.2 Å². The van der Waals surface area contributed by atoms with E-state index in [2.05, 4.69) is 31.2 Å². The lowest BCUT2D eigenvalue weighted by Crippen LogP contribution is -2.49. The zero-order valence-corrected chi connectivity index (χ0v) is 18.6. The molecule has 1 saturated carbocycles. The lowest BCUT2D eigenvalue weighted by Gasteiger charge is -2.39. The third-order valence-electron chi connectivity index (χ3n) is 7.19. The molecular formula is C24H31N5O3. The Hall–Kier alpha value is -2.87. The Morgan fingerprint density at radius 1 is 1.22 bits per heavy atom.